The Kier molecular flexibility index (Phi) is 3.47. The smallest absolute Gasteiger partial charge is 0.232 e. The SMILES string of the molecule is C[C@H]1CCC(=O)N(CCc2cc(Cl)no2)C1=O. The predicted octanol–water partition coefficient (Wildman–Crippen LogP) is 1.66. The van der Waals surface area contributed by atoms with Gasteiger partial charge in [0.2, 0.25) is 11.8 Å². The maximum absolute atomic E-state index is 11.8. The summed E-state index contributed by atoms with van der Waals surface area (Å²) in [4.78, 5) is 24.7. The number of amides is 2. The second-order valence-electron chi connectivity index (χ2n) is 4.19. The molecule has 1 aliphatic rings. The summed E-state index contributed by atoms with van der Waals surface area (Å²) in [5, 5.41) is 3.82. The summed E-state index contributed by atoms with van der Waals surface area (Å²) >= 11 is 5.61. The number of likely N-dealkylation sites (tertiary alicyclic amines) is 1. The first-order valence-corrected chi connectivity index (χ1v) is 5.91. The van der Waals surface area contributed by atoms with Gasteiger partial charge in [-0.2, -0.15) is 0 Å². The van der Waals surface area contributed by atoms with Crippen LogP contribution in [-0.4, -0.2) is 28.4 Å². The fourth-order valence-electron chi connectivity index (χ4n) is 1.85. The van der Waals surface area contributed by atoms with Crippen LogP contribution >= 0.6 is 11.6 Å². The Balaban J connectivity index is 1.97. The lowest BCUT2D eigenvalue weighted by Gasteiger charge is -2.28. The largest absolute Gasteiger partial charge is 0.360 e. The molecule has 1 aromatic heterocycles. The Morgan fingerprint density at radius 1 is 1.59 bits per heavy atom. The molecule has 2 amide bonds. The minimum Gasteiger partial charge on any atom is -0.360 e. The summed E-state index contributed by atoms with van der Waals surface area (Å²) < 4.78 is 4.92. The minimum absolute atomic E-state index is 0.0778. The molecule has 0 bridgehead atoms. The van der Waals surface area contributed by atoms with Crippen LogP contribution in [0.2, 0.25) is 5.15 Å². The van der Waals surface area contributed by atoms with E-state index in [9.17, 15) is 9.59 Å². The highest BCUT2D eigenvalue weighted by Gasteiger charge is 2.31. The van der Waals surface area contributed by atoms with Crippen molar-refractivity contribution in [1.29, 1.82) is 0 Å². The lowest BCUT2D eigenvalue weighted by Crippen LogP contribution is -2.45. The van der Waals surface area contributed by atoms with Crippen LogP contribution < -0.4 is 0 Å². The molecular weight excluding hydrogens is 244 g/mol. The maximum Gasteiger partial charge on any atom is 0.232 e. The predicted molar refractivity (Wildman–Crippen MR) is 60.3 cm³/mol. The molecule has 1 aromatic rings. The summed E-state index contributed by atoms with van der Waals surface area (Å²) in [6, 6.07) is 1.59. The number of piperidine rings is 1. The van der Waals surface area contributed by atoms with Crippen LogP contribution in [0.5, 0.6) is 0 Å². The molecule has 6 heteroatoms. The average molecular weight is 257 g/mol. The molecule has 2 heterocycles. The van der Waals surface area contributed by atoms with Gasteiger partial charge in [0.15, 0.2) is 5.15 Å². The minimum atomic E-state index is -0.112. The van der Waals surface area contributed by atoms with E-state index in [4.69, 9.17) is 16.1 Å². The second kappa shape index (κ2) is 4.87. The third-order valence-corrected chi connectivity index (χ3v) is 3.07. The number of carbonyl (C=O) groups is 2. The first-order valence-electron chi connectivity index (χ1n) is 5.53. The van der Waals surface area contributed by atoms with Crippen LogP contribution in [-0.2, 0) is 16.0 Å². The Morgan fingerprint density at radius 3 is 3.00 bits per heavy atom. The highest BCUT2D eigenvalue weighted by atomic mass is 35.5. The average Bonchev–Trinajstić information content (AvgIpc) is 2.70. The van der Waals surface area contributed by atoms with Gasteiger partial charge in [-0.3, -0.25) is 14.5 Å². The van der Waals surface area contributed by atoms with Crippen LogP contribution in [0, 0.1) is 5.92 Å². The van der Waals surface area contributed by atoms with Crippen molar-refractivity contribution in [2.24, 2.45) is 5.92 Å². The van der Waals surface area contributed by atoms with E-state index >= 15 is 0 Å². The van der Waals surface area contributed by atoms with Crippen molar-refractivity contribution in [2.45, 2.75) is 26.2 Å². The normalized spacial score (nSPS) is 21.1. The molecule has 1 atom stereocenters. The van der Waals surface area contributed by atoms with Crippen LogP contribution in [0.15, 0.2) is 10.6 Å². The van der Waals surface area contributed by atoms with Crippen molar-refractivity contribution in [3.63, 3.8) is 0 Å². The van der Waals surface area contributed by atoms with Gasteiger partial charge in [0.1, 0.15) is 5.76 Å². The summed E-state index contributed by atoms with van der Waals surface area (Å²) in [6.45, 7) is 2.17. The summed E-state index contributed by atoms with van der Waals surface area (Å²) in [5.74, 6) is 0.283. The van der Waals surface area contributed by atoms with Crippen LogP contribution in [0.25, 0.3) is 0 Å². The van der Waals surface area contributed by atoms with E-state index in [1.807, 2.05) is 6.92 Å². The van der Waals surface area contributed by atoms with E-state index in [1.54, 1.807) is 6.07 Å². The quantitative estimate of drug-likeness (QED) is 0.772. The van der Waals surface area contributed by atoms with Gasteiger partial charge in [-0.15, -0.1) is 0 Å². The Morgan fingerprint density at radius 2 is 2.35 bits per heavy atom. The van der Waals surface area contributed by atoms with Crippen molar-refractivity contribution in [3.8, 4) is 0 Å². The van der Waals surface area contributed by atoms with Gasteiger partial charge < -0.3 is 4.52 Å². The van der Waals surface area contributed by atoms with Crippen LogP contribution in [0.4, 0.5) is 0 Å². The molecule has 1 aliphatic heterocycles. The van der Waals surface area contributed by atoms with E-state index < -0.39 is 0 Å². The van der Waals surface area contributed by atoms with Crippen molar-refractivity contribution in [2.75, 3.05) is 6.54 Å². The Labute approximate surface area is 104 Å². The van der Waals surface area contributed by atoms with E-state index in [-0.39, 0.29) is 22.9 Å². The summed E-state index contributed by atoms with van der Waals surface area (Å²) in [6.07, 6.45) is 1.52. The van der Waals surface area contributed by atoms with Crippen molar-refractivity contribution in [1.82, 2.24) is 10.1 Å². The van der Waals surface area contributed by atoms with Gasteiger partial charge in [0, 0.05) is 31.4 Å². The molecule has 17 heavy (non-hydrogen) atoms. The van der Waals surface area contributed by atoms with Gasteiger partial charge >= 0.3 is 0 Å². The lowest BCUT2D eigenvalue weighted by atomic mass is 9.98. The first kappa shape index (κ1) is 12.1. The second-order valence-corrected chi connectivity index (χ2v) is 4.58. The number of halogens is 1. The number of imide groups is 1. The fraction of sp³-hybridized carbons (Fsp3) is 0.545. The number of aromatic nitrogens is 1. The molecule has 0 unspecified atom stereocenters. The van der Waals surface area contributed by atoms with E-state index in [0.29, 0.717) is 31.6 Å². The zero-order chi connectivity index (χ0) is 12.4. The molecule has 5 nitrogen and oxygen atoms in total. The number of rotatable bonds is 3. The molecular formula is C11H13ClN2O3. The molecule has 2 rings (SSSR count). The van der Waals surface area contributed by atoms with Gasteiger partial charge in [0.05, 0.1) is 0 Å². The molecule has 1 saturated heterocycles. The molecule has 0 spiro atoms. The Hall–Kier alpha value is -1.36. The number of hydrogen-bond donors (Lipinski definition) is 0. The zero-order valence-electron chi connectivity index (χ0n) is 9.48. The van der Waals surface area contributed by atoms with Crippen LogP contribution in [0.1, 0.15) is 25.5 Å². The molecule has 0 aliphatic carbocycles. The van der Waals surface area contributed by atoms with Gasteiger partial charge in [-0.1, -0.05) is 23.7 Å². The molecule has 0 radical (unpaired) electrons. The zero-order valence-corrected chi connectivity index (χ0v) is 10.2. The highest BCUT2D eigenvalue weighted by Crippen LogP contribution is 2.19. The topological polar surface area (TPSA) is 63.4 Å². The van der Waals surface area contributed by atoms with Crippen molar-refractivity contribution >= 4 is 23.4 Å². The van der Waals surface area contributed by atoms with Crippen molar-refractivity contribution < 1.29 is 14.1 Å². The van der Waals surface area contributed by atoms with E-state index in [1.165, 1.54) is 4.90 Å². The first-order chi connectivity index (χ1) is 8.08. The molecule has 0 N–H and O–H groups in total. The summed E-state index contributed by atoms with van der Waals surface area (Å²) in [5.41, 5.74) is 0. The lowest BCUT2D eigenvalue weighted by molar-refractivity contribution is -0.151. The van der Waals surface area contributed by atoms with Crippen LogP contribution in [0.3, 0.4) is 0 Å². The van der Waals surface area contributed by atoms with E-state index in [2.05, 4.69) is 5.16 Å². The summed E-state index contributed by atoms with van der Waals surface area (Å²) in [7, 11) is 0. The molecule has 92 valence electrons. The van der Waals surface area contributed by atoms with E-state index in [0.717, 1.165) is 0 Å². The number of carbonyl (C=O) groups excluding carboxylic acids is 2. The van der Waals surface area contributed by atoms with Gasteiger partial charge in [-0.25, -0.2) is 0 Å². The molecule has 0 saturated carbocycles. The Bertz CT molecular complexity index is 444. The molecule has 1 fully saturated rings. The standard InChI is InChI=1S/C11H13ClN2O3/c1-7-2-3-10(15)14(11(7)16)5-4-8-6-9(12)13-17-8/h6-7H,2-5H2,1H3/t7-/m0/s1. The van der Waals surface area contributed by atoms with Crippen molar-refractivity contribution in [3.05, 3.63) is 17.0 Å². The number of hydrogen-bond acceptors (Lipinski definition) is 4. The maximum atomic E-state index is 11.8. The fourth-order valence-corrected chi connectivity index (χ4v) is 2.01. The monoisotopic (exact) mass is 256 g/mol. The third kappa shape index (κ3) is 2.66. The highest BCUT2D eigenvalue weighted by molar-refractivity contribution is 6.29. The van der Waals surface area contributed by atoms with Gasteiger partial charge in [-0.05, 0) is 6.42 Å². The third-order valence-electron chi connectivity index (χ3n) is 2.89. The van der Waals surface area contributed by atoms with Gasteiger partial charge in [0.25, 0.3) is 0 Å². The molecule has 0 aromatic carbocycles. The number of nitrogens with zero attached hydrogens (tertiary/aromatic N) is 2.